The maximum absolute atomic E-state index is 12.6. The highest BCUT2D eigenvalue weighted by Gasteiger charge is 2.29. The predicted octanol–water partition coefficient (Wildman–Crippen LogP) is 2.29. The fraction of sp³-hybridized carbons (Fsp3) is 0.684. The van der Waals surface area contributed by atoms with Crippen LogP contribution in [0, 0.1) is 5.92 Å². The summed E-state index contributed by atoms with van der Waals surface area (Å²) in [6.45, 7) is 7.97. The van der Waals surface area contributed by atoms with Gasteiger partial charge in [0.05, 0.1) is 6.04 Å². The molecule has 1 aliphatic carbocycles. The van der Waals surface area contributed by atoms with Crippen molar-refractivity contribution < 1.29 is 4.79 Å². The van der Waals surface area contributed by atoms with E-state index in [-0.39, 0.29) is 11.9 Å². The predicted molar refractivity (Wildman–Crippen MR) is 97.0 cm³/mol. The Morgan fingerprint density at radius 2 is 1.96 bits per heavy atom. The third kappa shape index (κ3) is 4.07. The van der Waals surface area contributed by atoms with Gasteiger partial charge < -0.3 is 10.2 Å². The van der Waals surface area contributed by atoms with Crippen LogP contribution in [0.2, 0.25) is 0 Å². The van der Waals surface area contributed by atoms with Crippen LogP contribution in [0.4, 0.5) is 5.82 Å². The number of carbonyl (C=O) groups is 1. The molecule has 0 spiro atoms. The lowest BCUT2D eigenvalue weighted by Gasteiger charge is -2.39. The van der Waals surface area contributed by atoms with Gasteiger partial charge in [-0.25, -0.2) is 4.98 Å². The molecule has 3 atom stereocenters. The average molecular weight is 330 g/mol. The number of hydrogen-bond donors (Lipinski definition) is 1. The molecule has 0 aromatic carbocycles. The second-order valence-electron chi connectivity index (χ2n) is 7.26. The molecule has 0 radical (unpaired) electrons. The molecule has 2 fully saturated rings. The summed E-state index contributed by atoms with van der Waals surface area (Å²) >= 11 is 0. The van der Waals surface area contributed by atoms with Crippen LogP contribution in [0.3, 0.4) is 0 Å². The summed E-state index contributed by atoms with van der Waals surface area (Å²) < 4.78 is 0. The molecule has 5 heteroatoms. The summed E-state index contributed by atoms with van der Waals surface area (Å²) in [5.41, 5.74) is 0. The van der Waals surface area contributed by atoms with Crippen molar-refractivity contribution in [2.24, 2.45) is 5.92 Å². The first kappa shape index (κ1) is 17.2. The van der Waals surface area contributed by atoms with E-state index < -0.39 is 0 Å². The lowest BCUT2D eigenvalue weighted by molar-refractivity contribution is -0.127. The minimum absolute atomic E-state index is 0.0509. The number of nitrogens with zero attached hydrogens (tertiary/aromatic N) is 3. The summed E-state index contributed by atoms with van der Waals surface area (Å²) in [6, 6.07) is 6.33. The van der Waals surface area contributed by atoms with Crippen molar-refractivity contribution in [1.29, 1.82) is 0 Å². The van der Waals surface area contributed by atoms with Gasteiger partial charge in [-0.15, -0.1) is 0 Å². The van der Waals surface area contributed by atoms with E-state index in [1.54, 1.807) is 0 Å². The van der Waals surface area contributed by atoms with E-state index in [2.05, 4.69) is 33.1 Å². The third-order valence-corrected chi connectivity index (χ3v) is 5.65. The molecule has 1 saturated carbocycles. The number of rotatable bonds is 4. The number of hydrogen-bond acceptors (Lipinski definition) is 4. The molecule has 1 amide bonds. The SMILES string of the molecule is C[C@@H]1CCCC[C@H]1NC(=O)[C@@H](C)N1CCN(c2ccccn2)CC1. The Morgan fingerprint density at radius 3 is 2.62 bits per heavy atom. The van der Waals surface area contributed by atoms with E-state index in [4.69, 9.17) is 0 Å². The zero-order chi connectivity index (χ0) is 16.9. The third-order valence-electron chi connectivity index (χ3n) is 5.65. The minimum Gasteiger partial charge on any atom is -0.354 e. The van der Waals surface area contributed by atoms with E-state index in [1.165, 1.54) is 19.3 Å². The van der Waals surface area contributed by atoms with Gasteiger partial charge in [0.25, 0.3) is 0 Å². The Hall–Kier alpha value is -1.62. The zero-order valence-electron chi connectivity index (χ0n) is 14.9. The van der Waals surface area contributed by atoms with Gasteiger partial charge in [0.2, 0.25) is 5.91 Å². The van der Waals surface area contributed by atoms with Crippen LogP contribution in [0.5, 0.6) is 0 Å². The second kappa shape index (κ2) is 7.97. The van der Waals surface area contributed by atoms with Gasteiger partial charge in [-0.3, -0.25) is 9.69 Å². The van der Waals surface area contributed by atoms with Gasteiger partial charge in [0.1, 0.15) is 5.82 Å². The van der Waals surface area contributed by atoms with Gasteiger partial charge in [0, 0.05) is 38.4 Å². The Kier molecular flexibility index (Phi) is 5.72. The molecule has 2 aliphatic rings. The highest BCUT2D eigenvalue weighted by molar-refractivity contribution is 5.81. The molecule has 0 bridgehead atoms. The molecule has 2 heterocycles. The van der Waals surface area contributed by atoms with Crippen molar-refractivity contribution in [3.05, 3.63) is 24.4 Å². The number of amides is 1. The molecule has 132 valence electrons. The first-order valence-corrected chi connectivity index (χ1v) is 9.35. The molecular weight excluding hydrogens is 300 g/mol. The van der Waals surface area contributed by atoms with Gasteiger partial charge in [0.15, 0.2) is 0 Å². The van der Waals surface area contributed by atoms with Crippen LogP contribution >= 0.6 is 0 Å². The van der Waals surface area contributed by atoms with Crippen molar-refractivity contribution in [2.45, 2.75) is 51.6 Å². The molecule has 1 aromatic heterocycles. The van der Waals surface area contributed by atoms with Crippen molar-refractivity contribution in [2.75, 3.05) is 31.1 Å². The highest BCUT2D eigenvalue weighted by atomic mass is 16.2. The molecular formula is C19H30N4O. The summed E-state index contributed by atoms with van der Waals surface area (Å²) in [7, 11) is 0. The number of nitrogens with one attached hydrogen (secondary N) is 1. The molecule has 0 unspecified atom stereocenters. The van der Waals surface area contributed by atoms with Gasteiger partial charge in [-0.05, 0) is 37.8 Å². The maximum atomic E-state index is 12.6. The van der Waals surface area contributed by atoms with Gasteiger partial charge in [-0.2, -0.15) is 0 Å². The minimum atomic E-state index is -0.0509. The van der Waals surface area contributed by atoms with E-state index in [0.717, 1.165) is 38.4 Å². The molecule has 24 heavy (non-hydrogen) atoms. The second-order valence-corrected chi connectivity index (χ2v) is 7.26. The average Bonchev–Trinajstić information content (AvgIpc) is 2.64. The van der Waals surface area contributed by atoms with Gasteiger partial charge >= 0.3 is 0 Å². The Morgan fingerprint density at radius 1 is 1.21 bits per heavy atom. The summed E-state index contributed by atoms with van der Waals surface area (Å²) in [4.78, 5) is 21.6. The normalized spacial score (nSPS) is 26.8. The number of carbonyl (C=O) groups excluding carboxylic acids is 1. The van der Waals surface area contributed by atoms with E-state index in [9.17, 15) is 4.79 Å². The van der Waals surface area contributed by atoms with Crippen LogP contribution in [0.1, 0.15) is 39.5 Å². The first-order chi connectivity index (χ1) is 11.6. The molecule has 1 aliphatic heterocycles. The molecule has 5 nitrogen and oxygen atoms in total. The number of pyridine rings is 1. The highest BCUT2D eigenvalue weighted by Crippen LogP contribution is 2.24. The van der Waals surface area contributed by atoms with E-state index in [0.29, 0.717) is 12.0 Å². The summed E-state index contributed by atoms with van der Waals surface area (Å²) in [5, 5.41) is 3.30. The first-order valence-electron chi connectivity index (χ1n) is 9.35. The van der Waals surface area contributed by atoms with Crippen LogP contribution in [0.25, 0.3) is 0 Å². The smallest absolute Gasteiger partial charge is 0.237 e. The quantitative estimate of drug-likeness (QED) is 0.920. The van der Waals surface area contributed by atoms with Crippen molar-refractivity contribution in [3.63, 3.8) is 0 Å². The monoisotopic (exact) mass is 330 g/mol. The van der Waals surface area contributed by atoms with Crippen molar-refractivity contribution in [1.82, 2.24) is 15.2 Å². The standard InChI is InChI=1S/C19H30N4O/c1-15-7-3-4-8-17(15)21-19(24)16(2)22-11-13-23(14-12-22)18-9-5-6-10-20-18/h5-6,9-10,15-17H,3-4,7-8,11-14H2,1-2H3,(H,21,24)/t15-,16-,17-/m1/s1. The number of piperazine rings is 1. The van der Waals surface area contributed by atoms with E-state index in [1.807, 2.05) is 25.3 Å². The maximum Gasteiger partial charge on any atom is 0.237 e. The summed E-state index contributed by atoms with van der Waals surface area (Å²) in [6.07, 6.45) is 6.75. The molecule has 1 aromatic rings. The number of anilines is 1. The van der Waals surface area contributed by atoms with Crippen LogP contribution in [0.15, 0.2) is 24.4 Å². The largest absolute Gasteiger partial charge is 0.354 e. The topological polar surface area (TPSA) is 48.5 Å². The lowest BCUT2D eigenvalue weighted by Crippen LogP contribution is -2.56. The van der Waals surface area contributed by atoms with Crippen LogP contribution in [-0.4, -0.2) is 54.1 Å². The Bertz CT molecular complexity index is 527. The van der Waals surface area contributed by atoms with Crippen molar-refractivity contribution in [3.8, 4) is 0 Å². The summed E-state index contributed by atoms with van der Waals surface area (Å²) in [5.74, 6) is 1.83. The van der Waals surface area contributed by atoms with E-state index >= 15 is 0 Å². The Labute approximate surface area is 145 Å². The van der Waals surface area contributed by atoms with Gasteiger partial charge in [-0.1, -0.05) is 25.8 Å². The van der Waals surface area contributed by atoms with Crippen LogP contribution in [-0.2, 0) is 4.79 Å². The van der Waals surface area contributed by atoms with Crippen LogP contribution < -0.4 is 10.2 Å². The number of aromatic nitrogens is 1. The fourth-order valence-electron chi connectivity index (χ4n) is 3.88. The van der Waals surface area contributed by atoms with Crippen molar-refractivity contribution >= 4 is 11.7 Å². The molecule has 3 rings (SSSR count). The fourth-order valence-corrected chi connectivity index (χ4v) is 3.88. The molecule has 1 saturated heterocycles. The zero-order valence-corrected chi connectivity index (χ0v) is 14.9. The molecule has 1 N–H and O–H groups in total. The lowest BCUT2D eigenvalue weighted by atomic mass is 9.86. The Balaban J connectivity index is 1.49.